The van der Waals surface area contributed by atoms with Crippen LogP contribution < -0.4 is 5.43 Å². The van der Waals surface area contributed by atoms with Crippen molar-refractivity contribution in [1.29, 1.82) is 0 Å². The molecule has 5 heteroatoms. The van der Waals surface area contributed by atoms with E-state index in [-0.39, 0.29) is 0 Å². The van der Waals surface area contributed by atoms with Gasteiger partial charge in [0.25, 0.3) is 0 Å². The molecule has 2 aromatic carbocycles. The zero-order chi connectivity index (χ0) is 15.2. The molecule has 4 nitrogen and oxygen atoms in total. The van der Waals surface area contributed by atoms with Crippen LogP contribution in [0, 0.1) is 0 Å². The van der Waals surface area contributed by atoms with Crippen molar-refractivity contribution in [2.24, 2.45) is 5.10 Å². The second-order valence-electron chi connectivity index (χ2n) is 4.51. The van der Waals surface area contributed by atoms with Crippen molar-refractivity contribution >= 4 is 40.7 Å². The number of halogens is 1. The summed E-state index contributed by atoms with van der Waals surface area (Å²) in [6.07, 6.45) is 5.43. The Hall–Kier alpha value is -2.72. The number of allylic oxidation sites excluding steroid dienone is 1. The van der Waals surface area contributed by atoms with Crippen LogP contribution in [0.4, 0.5) is 5.82 Å². The van der Waals surface area contributed by atoms with Crippen LogP contribution in [0.2, 0.25) is 5.15 Å². The number of aromatic nitrogens is 2. The summed E-state index contributed by atoms with van der Waals surface area (Å²) in [5, 5.41) is 4.37. The lowest BCUT2D eigenvalue weighted by Crippen LogP contribution is -1.96. The molecule has 3 rings (SSSR count). The second-order valence-corrected chi connectivity index (χ2v) is 4.87. The lowest BCUT2D eigenvalue weighted by atomic mass is 10.2. The third-order valence-corrected chi connectivity index (χ3v) is 3.21. The summed E-state index contributed by atoms with van der Waals surface area (Å²) in [6, 6.07) is 17.5. The van der Waals surface area contributed by atoms with E-state index in [1.54, 1.807) is 6.21 Å². The molecule has 1 N–H and O–H groups in total. The second kappa shape index (κ2) is 6.83. The largest absolute Gasteiger partial charge is 0.259 e. The minimum Gasteiger partial charge on any atom is -0.259 e. The molecule has 1 aromatic heterocycles. The van der Waals surface area contributed by atoms with Gasteiger partial charge in [0.05, 0.1) is 11.0 Å². The highest BCUT2D eigenvalue weighted by Gasteiger charge is 2.04. The molecule has 0 unspecified atom stereocenters. The number of para-hydroxylation sites is 2. The van der Waals surface area contributed by atoms with E-state index in [2.05, 4.69) is 20.5 Å². The molecule has 0 fully saturated rings. The summed E-state index contributed by atoms with van der Waals surface area (Å²) in [4.78, 5) is 8.66. The Labute approximate surface area is 133 Å². The van der Waals surface area contributed by atoms with Crippen molar-refractivity contribution in [3.63, 3.8) is 0 Å². The Bertz CT molecular complexity index is 828. The Morgan fingerprint density at radius 2 is 1.59 bits per heavy atom. The number of hydrazone groups is 1. The molecular formula is C17H13ClN4. The molecule has 1 heterocycles. The molecule has 0 aliphatic rings. The molecule has 0 saturated heterocycles. The smallest absolute Gasteiger partial charge is 0.185 e. The minimum atomic E-state index is 0.294. The van der Waals surface area contributed by atoms with E-state index in [0.29, 0.717) is 11.0 Å². The van der Waals surface area contributed by atoms with Crippen molar-refractivity contribution in [1.82, 2.24) is 9.97 Å². The fourth-order valence-corrected chi connectivity index (χ4v) is 2.08. The summed E-state index contributed by atoms with van der Waals surface area (Å²) in [5.41, 5.74) is 5.44. The van der Waals surface area contributed by atoms with Crippen LogP contribution in [0.1, 0.15) is 5.56 Å². The molecule has 0 aliphatic carbocycles. The lowest BCUT2D eigenvalue weighted by molar-refractivity contribution is 1.22. The summed E-state index contributed by atoms with van der Waals surface area (Å²) >= 11 is 6.08. The van der Waals surface area contributed by atoms with Crippen LogP contribution in [0.15, 0.2) is 65.8 Å². The SMILES string of the molecule is Clc1nc2ccccc2nc1N/N=C\C=C\c1ccccc1. The standard InChI is InChI=1S/C17H13ClN4/c18-16-17(21-15-11-5-4-10-14(15)20-16)22-19-12-6-9-13-7-2-1-3-8-13/h1-12H,(H,21,22)/b9-6+,19-12-. The lowest BCUT2D eigenvalue weighted by Gasteiger charge is -2.03. The predicted octanol–water partition coefficient (Wildman–Crippen LogP) is 4.39. The quantitative estimate of drug-likeness (QED) is 0.574. The normalized spacial score (nSPS) is 11.5. The van der Waals surface area contributed by atoms with E-state index in [1.807, 2.05) is 66.7 Å². The highest BCUT2D eigenvalue weighted by molar-refractivity contribution is 6.32. The molecule has 108 valence electrons. The van der Waals surface area contributed by atoms with Gasteiger partial charge < -0.3 is 0 Å². The number of hydrogen-bond donors (Lipinski definition) is 1. The summed E-state index contributed by atoms with van der Waals surface area (Å²) < 4.78 is 0. The maximum Gasteiger partial charge on any atom is 0.185 e. The zero-order valence-electron chi connectivity index (χ0n) is 11.6. The van der Waals surface area contributed by atoms with Crippen molar-refractivity contribution in [2.45, 2.75) is 0 Å². The van der Waals surface area contributed by atoms with Crippen LogP contribution in [-0.4, -0.2) is 16.2 Å². The van der Waals surface area contributed by atoms with E-state index < -0.39 is 0 Å². The van der Waals surface area contributed by atoms with Gasteiger partial charge in [-0.2, -0.15) is 5.10 Å². The third-order valence-electron chi connectivity index (χ3n) is 2.95. The molecule has 3 aromatic rings. The van der Waals surface area contributed by atoms with Crippen molar-refractivity contribution in [2.75, 3.05) is 5.43 Å². The first-order valence-electron chi connectivity index (χ1n) is 6.76. The average molecular weight is 309 g/mol. The van der Waals surface area contributed by atoms with Gasteiger partial charge in [-0.1, -0.05) is 60.1 Å². The van der Waals surface area contributed by atoms with Gasteiger partial charge in [0.15, 0.2) is 11.0 Å². The molecule has 22 heavy (non-hydrogen) atoms. The van der Waals surface area contributed by atoms with Gasteiger partial charge in [-0.15, -0.1) is 0 Å². The van der Waals surface area contributed by atoms with Gasteiger partial charge >= 0.3 is 0 Å². The van der Waals surface area contributed by atoms with E-state index >= 15 is 0 Å². The van der Waals surface area contributed by atoms with Gasteiger partial charge in [-0.05, 0) is 23.8 Å². The molecule has 0 atom stereocenters. The zero-order valence-corrected chi connectivity index (χ0v) is 12.4. The number of benzene rings is 2. The topological polar surface area (TPSA) is 50.2 Å². The van der Waals surface area contributed by atoms with Crippen molar-refractivity contribution in [3.05, 3.63) is 71.4 Å². The molecular weight excluding hydrogens is 296 g/mol. The number of nitrogens with one attached hydrogen (secondary N) is 1. The van der Waals surface area contributed by atoms with Crippen LogP contribution in [0.3, 0.4) is 0 Å². The van der Waals surface area contributed by atoms with Crippen molar-refractivity contribution < 1.29 is 0 Å². The Kier molecular flexibility index (Phi) is 4.41. The monoisotopic (exact) mass is 308 g/mol. The number of hydrogen-bond acceptors (Lipinski definition) is 4. The van der Waals surface area contributed by atoms with Crippen LogP contribution >= 0.6 is 11.6 Å². The predicted molar refractivity (Wildman–Crippen MR) is 92.1 cm³/mol. The van der Waals surface area contributed by atoms with Crippen molar-refractivity contribution in [3.8, 4) is 0 Å². The highest BCUT2D eigenvalue weighted by Crippen LogP contribution is 2.20. The van der Waals surface area contributed by atoms with Crippen LogP contribution in [0.5, 0.6) is 0 Å². The molecule has 0 bridgehead atoms. The average Bonchev–Trinajstić information content (AvgIpc) is 2.56. The van der Waals surface area contributed by atoms with E-state index in [0.717, 1.165) is 16.6 Å². The first-order valence-corrected chi connectivity index (χ1v) is 7.14. The number of anilines is 1. The van der Waals surface area contributed by atoms with E-state index in [1.165, 1.54) is 0 Å². The minimum absolute atomic E-state index is 0.294. The van der Waals surface area contributed by atoms with Crippen LogP contribution in [0.25, 0.3) is 17.1 Å². The maximum atomic E-state index is 6.08. The first-order chi connectivity index (χ1) is 10.8. The Morgan fingerprint density at radius 3 is 2.36 bits per heavy atom. The fraction of sp³-hybridized carbons (Fsp3) is 0. The van der Waals surface area contributed by atoms with E-state index in [9.17, 15) is 0 Å². The third kappa shape index (κ3) is 3.48. The van der Waals surface area contributed by atoms with Gasteiger partial charge in [0.2, 0.25) is 0 Å². The Morgan fingerprint density at radius 1 is 0.909 bits per heavy atom. The molecule has 0 radical (unpaired) electrons. The number of rotatable bonds is 4. The first kappa shape index (κ1) is 14.2. The molecule has 0 saturated carbocycles. The van der Waals surface area contributed by atoms with Gasteiger partial charge in [-0.25, -0.2) is 9.97 Å². The highest BCUT2D eigenvalue weighted by atomic mass is 35.5. The summed E-state index contributed by atoms with van der Waals surface area (Å²) in [5.74, 6) is 0.435. The van der Waals surface area contributed by atoms with Crippen LogP contribution in [-0.2, 0) is 0 Å². The van der Waals surface area contributed by atoms with E-state index in [4.69, 9.17) is 11.6 Å². The molecule has 0 amide bonds. The Balaban J connectivity index is 1.70. The van der Waals surface area contributed by atoms with Gasteiger partial charge in [-0.3, -0.25) is 5.43 Å². The molecule has 0 aliphatic heterocycles. The molecule has 0 spiro atoms. The fourth-order valence-electron chi connectivity index (χ4n) is 1.91. The maximum absolute atomic E-state index is 6.08. The summed E-state index contributed by atoms with van der Waals surface area (Å²) in [7, 11) is 0. The van der Waals surface area contributed by atoms with Gasteiger partial charge in [0, 0.05) is 6.21 Å². The number of nitrogens with zero attached hydrogens (tertiary/aromatic N) is 3. The van der Waals surface area contributed by atoms with Gasteiger partial charge in [0.1, 0.15) is 0 Å². The number of fused-ring (bicyclic) bond motifs is 1. The summed E-state index contributed by atoms with van der Waals surface area (Å²) in [6.45, 7) is 0.